The van der Waals surface area contributed by atoms with Gasteiger partial charge in [0.25, 0.3) is 0 Å². The van der Waals surface area contributed by atoms with Crippen LogP contribution in [0.2, 0.25) is 0 Å². The molecule has 1 N–H and O–H groups in total. The van der Waals surface area contributed by atoms with Gasteiger partial charge in [0.1, 0.15) is 0 Å². The standard InChI is InChI=1S/C15H21NO3/c1-12(17)19-11-14-10-16(8-7-15(14)18)9-13-5-3-2-4-6-13/h2-6,14-15,18H,7-11H2,1H3/t14-,15-/m0/s1. The van der Waals surface area contributed by atoms with Gasteiger partial charge in [-0.2, -0.15) is 0 Å². The second-order valence-electron chi connectivity index (χ2n) is 5.14. The second kappa shape index (κ2) is 6.68. The molecule has 0 amide bonds. The van der Waals surface area contributed by atoms with Gasteiger partial charge in [-0.25, -0.2) is 0 Å². The van der Waals surface area contributed by atoms with Crippen molar-refractivity contribution in [1.29, 1.82) is 0 Å². The van der Waals surface area contributed by atoms with Gasteiger partial charge >= 0.3 is 5.97 Å². The maximum atomic E-state index is 10.8. The molecule has 1 aromatic rings. The van der Waals surface area contributed by atoms with E-state index in [2.05, 4.69) is 17.0 Å². The number of carbonyl (C=O) groups excluding carboxylic acids is 1. The fourth-order valence-corrected chi connectivity index (χ4v) is 2.47. The van der Waals surface area contributed by atoms with Crippen molar-refractivity contribution in [3.63, 3.8) is 0 Å². The Morgan fingerprint density at radius 2 is 2.16 bits per heavy atom. The van der Waals surface area contributed by atoms with Crippen LogP contribution in [-0.4, -0.2) is 41.8 Å². The van der Waals surface area contributed by atoms with Crippen LogP contribution in [0, 0.1) is 5.92 Å². The fourth-order valence-electron chi connectivity index (χ4n) is 2.47. The van der Waals surface area contributed by atoms with Crippen molar-refractivity contribution in [1.82, 2.24) is 4.90 Å². The van der Waals surface area contributed by atoms with Crippen LogP contribution in [0.3, 0.4) is 0 Å². The number of hydrogen-bond donors (Lipinski definition) is 1. The van der Waals surface area contributed by atoms with Crippen LogP contribution in [0.5, 0.6) is 0 Å². The average Bonchev–Trinajstić information content (AvgIpc) is 2.40. The largest absolute Gasteiger partial charge is 0.465 e. The molecule has 4 heteroatoms. The highest BCUT2D eigenvalue weighted by Crippen LogP contribution is 2.19. The van der Waals surface area contributed by atoms with Crippen LogP contribution in [0.15, 0.2) is 30.3 Å². The molecular formula is C15H21NO3. The third-order valence-electron chi connectivity index (χ3n) is 3.53. The van der Waals surface area contributed by atoms with Gasteiger partial charge in [-0.3, -0.25) is 9.69 Å². The summed E-state index contributed by atoms with van der Waals surface area (Å²) >= 11 is 0. The predicted molar refractivity (Wildman–Crippen MR) is 72.5 cm³/mol. The molecule has 0 saturated carbocycles. The van der Waals surface area contributed by atoms with Crippen LogP contribution < -0.4 is 0 Å². The van der Waals surface area contributed by atoms with Gasteiger partial charge in [0.05, 0.1) is 12.7 Å². The molecule has 1 heterocycles. The molecule has 2 rings (SSSR count). The predicted octanol–water partition coefficient (Wildman–Crippen LogP) is 1.43. The molecule has 0 radical (unpaired) electrons. The summed E-state index contributed by atoms with van der Waals surface area (Å²) in [6.45, 7) is 4.23. The summed E-state index contributed by atoms with van der Waals surface area (Å²) in [7, 11) is 0. The number of nitrogens with zero attached hydrogens (tertiary/aromatic N) is 1. The maximum absolute atomic E-state index is 10.8. The van der Waals surface area contributed by atoms with Crippen LogP contribution in [0.4, 0.5) is 0 Å². The molecule has 1 aliphatic rings. The molecular weight excluding hydrogens is 242 g/mol. The summed E-state index contributed by atoms with van der Waals surface area (Å²) in [5, 5.41) is 9.95. The van der Waals surface area contributed by atoms with E-state index in [1.165, 1.54) is 12.5 Å². The van der Waals surface area contributed by atoms with E-state index in [0.29, 0.717) is 6.61 Å². The Morgan fingerprint density at radius 1 is 1.42 bits per heavy atom. The molecule has 4 nitrogen and oxygen atoms in total. The number of benzene rings is 1. The van der Waals surface area contributed by atoms with Gasteiger partial charge in [-0.1, -0.05) is 30.3 Å². The van der Waals surface area contributed by atoms with Crippen LogP contribution >= 0.6 is 0 Å². The molecule has 0 unspecified atom stereocenters. The molecule has 0 bridgehead atoms. The van der Waals surface area contributed by atoms with Gasteiger partial charge in [-0.05, 0) is 12.0 Å². The Labute approximate surface area is 114 Å². The first-order valence-electron chi connectivity index (χ1n) is 6.73. The van der Waals surface area contributed by atoms with Crippen molar-refractivity contribution in [2.75, 3.05) is 19.7 Å². The molecule has 0 aliphatic carbocycles. The van der Waals surface area contributed by atoms with Crippen molar-refractivity contribution in [3.8, 4) is 0 Å². The van der Waals surface area contributed by atoms with E-state index in [1.54, 1.807) is 0 Å². The number of aliphatic hydroxyl groups is 1. The molecule has 1 fully saturated rings. The van der Waals surface area contributed by atoms with Gasteiger partial charge in [-0.15, -0.1) is 0 Å². The Bertz CT molecular complexity index is 407. The lowest BCUT2D eigenvalue weighted by atomic mass is 9.95. The summed E-state index contributed by atoms with van der Waals surface area (Å²) in [4.78, 5) is 13.1. The van der Waals surface area contributed by atoms with Gasteiger partial charge < -0.3 is 9.84 Å². The monoisotopic (exact) mass is 263 g/mol. The average molecular weight is 263 g/mol. The van der Waals surface area contributed by atoms with Crippen LogP contribution in [0.25, 0.3) is 0 Å². The zero-order valence-corrected chi connectivity index (χ0v) is 11.3. The van der Waals surface area contributed by atoms with E-state index in [9.17, 15) is 9.90 Å². The number of aliphatic hydroxyl groups excluding tert-OH is 1. The zero-order valence-electron chi connectivity index (χ0n) is 11.3. The summed E-state index contributed by atoms with van der Waals surface area (Å²) in [6.07, 6.45) is 0.366. The topological polar surface area (TPSA) is 49.8 Å². The molecule has 0 aromatic heterocycles. The van der Waals surface area contributed by atoms with Gasteiger partial charge in [0.15, 0.2) is 0 Å². The smallest absolute Gasteiger partial charge is 0.302 e. The Balaban J connectivity index is 1.88. The van der Waals surface area contributed by atoms with E-state index in [1.807, 2.05) is 18.2 Å². The van der Waals surface area contributed by atoms with Gasteiger partial charge in [0.2, 0.25) is 0 Å². The summed E-state index contributed by atoms with van der Waals surface area (Å²) in [5.74, 6) is -0.270. The van der Waals surface area contributed by atoms with Crippen LogP contribution in [-0.2, 0) is 16.1 Å². The number of hydrogen-bond acceptors (Lipinski definition) is 4. The highest BCUT2D eigenvalue weighted by atomic mass is 16.5. The SMILES string of the molecule is CC(=O)OC[C@@H]1CN(Cc2ccccc2)CC[C@@H]1O. The van der Waals surface area contributed by atoms with Crippen molar-refractivity contribution in [2.45, 2.75) is 26.0 Å². The molecule has 104 valence electrons. The lowest BCUT2D eigenvalue weighted by Crippen LogP contribution is -2.44. The van der Waals surface area contributed by atoms with Crippen molar-refractivity contribution in [2.24, 2.45) is 5.92 Å². The lowest BCUT2D eigenvalue weighted by Gasteiger charge is -2.35. The van der Waals surface area contributed by atoms with Crippen LogP contribution in [0.1, 0.15) is 18.9 Å². The number of carbonyl (C=O) groups is 1. The van der Waals surface area contributed by atoms with E-state index in [4.69, 9.17) is 4.74 Å². The number of rotatable bonds is 4. The summed E-state index contributed by atoms with van der Waals surface area (Å²) in [5.41, 5.74) is 1.27. The fraction of sp³-hybridized carbons (Fsp3) is 0.533. The second-order valence-corrected chi connectivity index (χ2v) is 5.14. The first-order chi connectivity index (χ1) is 9.15. The third-order valence-corrected chi connectivity index (χ3v) is 3.53. The molecule has 1 aromatic carbocycles. The quantitative estimate of drug-likeness (QED) is 0.835. The minimum atomic E-state index is -0.369. The number of likely N-dealkylation sites (tertiary alicyclic amines) is 1. The Kier molecular flexibility index (Phi) is 4.93. The van der Waals surface area contributed by atoms with Crippen molar-refractivity contribution in [3.05, 3.63) is 35.9 Å². The number of esters is 1. The first-order valence-corrected chi connectivity index (χ1v) is 6.73. The Hall–Kier alpha value is -1.39. The highest BCUT2D eigenvalue weighted by Gasteiger charge is 2.28. The molecule has 0 spiro atoms. The highest BCUT2D eigenvalue weighted by molar-refractivity contribution is 5.65. The molecule has 1 saturated heterocycles. The van der Waals surface area contributed by atoms with E-state index in [0.717, 1.165) is 26.1 Å². The minimum absolute atomic E-state index is 0.0152. The first kappa shape index (κ1) is 14.0. The van der Waals surface area contributed by atoms with E-state index < -0.39 is 0 Å². The third kappa shape index (κ3) is 4.33. The maximum Gasteiger partial charge on any atom is 0.302 e. The molecule has 1 aliphatic heterocycles. The van der Waals surface area contributed by atoms with E-state index in [-0.39, 0.29) is 18.0 Å². The summed E-state index contributed by atoms with van der Waals surface area (Å²) < 4.78 is 5.02. The van der Waals surface area contributed by atoms with Crippen molar-refractivity contribution < 1.29 is 14.6 Å². The zero-order chi connectivity index (χ0) is 13.7. The Morgan fingerprint density at radius 3 is 2.84 bits per heavy atom. The minimum Gasteiger partial charge on any atom is -0.465 e. The van der Waals surface area contributed by atoms with Gasteiger partial charge in [0, 0.05) is 32.5 Å². The number of piperidine rings is 1. The lowest BCUT2D eigenvalue weighted by molar-refractivity contribution is -0.144. The summed E-state index contributed by atoms with van der Waals surface area (Å²) in [6, 6.07) is 10.3. The normalized spacial score (nSPS) is 24.1. The van der Waals surface area contributed by atoms with Crippen molar-refractivity contribution >= 4 is 5.97 Å². The van der Waals surface area contributed by atoms with E-state index >= 15 is 0 Å². The molecule has 19 heavy (non-hydrogen) atoms. The molecule has 2 atom stereocenters. The number of ether oxygens (including phenoxy) is 1.